The Morgan fingerprint density at radius 3 is 2.41 bits per heavy atom. The third kappa shape index (κ3) is 5.59. The number of para-hydroxylation sites is 1. The van der Waals surface area contributed by atoms with E-state index in [9.17, 15) is 4.79 Å². The number of allylic oxidation sites excluding steroid dienone is 1. The topological polar surface area (TPSA) is 42.0 Å². The van der Waals surface area contributed by atoms with Crippen LogP contribution < -0.4 is 14.4 Å². The number of benzene rings is 2. The zero-order valence-corrected chi connectivity index (χ0v) is 16.7. The van der Waals surface area contributed by atoms with Crippen molar-refractivity contribution in [2.45, 2.75) is 0 Å². The molecule has 5 nitrogen and oxygen atoms in total. The number of carbonyl (C=O) groups is 1. The van der Waals surface area contributed by atoms with Gasteiger partial charge in [-0.1, -0.05) is 18.2 Å². The normalized spacial score (nSPS) is 11.0. The number of ether oxygens (including phenoxy) is 2. The Labute approximate surface area is 161 Å². The van der Waals surface area contributed by atoms with Gasteiger partial charge in [-0.2, -0.15) is 0 Å². The molecule has 0 bridgehead atoms. The Morgan fingerprint density at radius 1 is 1.00 bits per heavy atom. The Kier molecular flexibility index (Phi) is 7.44. The van der Waals surface area contributed by atoms with E-state index in [2.05, 4.69) is 37.0 Å². The minimum absolute atomic E-state index is 0.111. The Morgan fingerprint density at radius 2 is 1.74 bits per heavy atom. The van der Waals surface area contributed by atoms with E-state index in [0.717, 1.165) is 24.3 Å². The zero-order valence-electron chi connectivity index (χ0n) is 16.7. The Bertz CT molecular complexity index is 800. The van der Waals surface area contributed by atoms with Gasteiger partial charge in [0, 0.05) is 31.9 Å². The molecule has 2 aromatic carbocycles. The summed E-state index contributed by atoms with van der Waals surface area (Å²) in [7, 11) is 9.30. The Balaban J connectivity index is 2.22. The first kappa shape index (κ1) is 20.5. The average Bonchev–Trinajstić information content (AvgIpc) is 2.69. The molecule has 0 atom stereocenters. The van der Waals surface area contributed by atoms with Crippen molar-refractivity contribution in [3.63, 3.8) is 0 Å². The lowest BCUT2D eigenvalue weighted by molar-refractivity contribution is 0.104. The SMILES string of the molecule is COc1ccc(C(=O)C=Cc2ccccc2N(C)CCN(C)C)c(OC)c1. The van der Waals surface area contributed by atoms with Crippen molar-refractivity contribution in [1.82, 2.24) is 4.90 Å². The molecular weight excluding hydrogens is 340 g/mol. The standard InChI is InChI=1S/C22H28N2O3/c1-23(2)14-15-24(3)20-9-7-6-8-17(20)10-13-21(25)19-12-11-18(26-4)16-22(19)27-5/h6-13,16H,14-15H2,1-5H3. The molecule has 0 spiro atoms. The highest BCUT2D eigenvalue weighted by molar-refractivity contribution is 6.09. The second kappa shape index (κ2) is 9.78. The van der Waals surface area contributed by atoms with E-state index in [1.165, 1.54) is 0 Å². The van der Waals surface area contributed by atoms with Crippen molar-refractivity contribution in [1.29, 1.82) is 0 Å². The first-order valence-corrected chi connectivity index (χ1v) is 8.85. The summed E-state index contributed by atoms with van der Waals surface area (Å²) in [6, 6.07) is 13.2. The van der Waals surface area contributed by atoms with Gasteiger partial charge in [-0.25, -0.2) is 0 Å². The van der Waals surface area contributed by atoms with Crippen molar-refractivity contribution < 1.29 is 14.3 Å². The third-order valence-electron chi connectivity index (χ3n) is 4.32. The molecule has 2 rings (SSSR count). The fourth-order valence-corrected chi connectivity index (χ4v) is 2.70. The van der Waals surface area contributed by atoms with Crippen LogP contribution in [0, 0.1) is 0 Å². The van der Waals surface area contributed by atoms with Crippen molar-refractivity contribution >= 4 is 17.5 Å². The van der Waals surface area contributed by atoms with Crippen LogP contribution >= 0.6 is 0 Å². The van der Waals surface area contributed by atoms with Gasteiger partial charge in [-0.3, -0.25) is 4.79 Å². The number of nitrogens with zero attached hydrogens (tertiary/aromatic N) is 2. The lowest BCUT2D eigenvalue weighted by Crippen LogP contribution is -2.28. The number of carbonyl (C=O) groups excluding carboxylic acids is 1. The number of anilines is 1. The number of rotatable bonds is 9. The van der Waals surface area contributed by atoms with E-state index in [-0.39, 0.29) is 5.78 Å². The van der Waals surface area contributed by atoms with E-state index >= 15 is 0 Å². The molecule has 0 saturated carbocycles. The van der Waals surface area contributed by atoms with Gasteiger partial charge in [0.15, 0.2) is 5.78 Å². The average molecular weight is 368 g/mol. The molecule has 2 aromatic rings. The molecule has 144 valence electrons. The summed E-state index contributed by atoms with van der Waals surface area (Å²) in [5, 5.41) is 0. The van der Waals surface area contributed by atoms with Gasteiger partial charge >= 0.3 is 0 Å². The van der Waals surface area contributed by atoms with E-state index in [4.69, 9.17) is 9.47 Å². The van der Waals surface area contributed by atoms with Gasteiger partial charge in [0.2, 0.25) is 0 Å². The highest BCUT2D eigenvalue weighted by atomic mass is 16.5. The summed E-state index contributed by atoms with van der Waals surface area (Å²) in [6.45, 7) is 1.86. The van der Waals surface area contributed by atoms with Gasteiger partial charge < -0.3 is 19.3 Å². The smallest absolute Gasteiger partial charge is 0.189 e. The van der Waals surface area contributed by atoms with Gasteiger partial charge in [-0.15, -0.1) is 0 Å². The second-order valence-electron chi connectivity index (χ2n) is 6.55. The summed E-state index contributed by atoms with van der Waals surface area (Å²) in [5.74, 6) is 1.04. The number of hydrogen-bond donors (Lipinski definition) is 0. The molecular formula is C22H28N2O3. The predicted molar refractivity (Wildman–Crippen MR) is 111 cm³/mol. The van der Waals surface area contributed by atoms with Gasteiger partial charge in [0.05, 0.1) is 19.8 Å². The van der Waals surface area contributed by atoms with Crippen molar-refractivity contribution in [2.75, 3.05) is 53.4 Å². The first-order chi connectivity index (χ1) is 13.0. The molecule has 0 saturated heterocycles. The van der Waals surface area contributed by atoms with Crippen LogP contribution in [0.2, 0.25) is 0 Å². The maximum absolute atomic E-state index is 12.7. The van der Waals surface area contributed by atoms with Crippen molar-refractivity contribution in [3.8, 4) is 11.5 Å². The second-order valence-corrected chi connectivity index (χ2v) is 6.55. The van der Waals surface area contributed by atoms with Gasteiger partial charge in [0.25, 0.3) is 0 Å². The van der Waals surface area contributed by atoms with Gasteiger partial charge in [-0.05, 0) is 50.0 Å². The van der Waals surface area contributed by atoms with Crippen LogP contribution in [0.4, 0.5) is 5.69 Å². The van der Waals surface area contributed by atoms with E-state index in [0.29, 0.717) is 17.1 Å². The summed E-state index contributed by atoms with van der Waals surface area (Å²) in [5.41, 5.74) is 2.60. The summed E-state index contributed by atoms with van der Waals surface area (Å²) in [4.78, 5) is 17.0. The fraction of sp³-hybridized carbons (Fsp3) is 0.318. The maximum Gasteiger partial charge on any atom is 0.189 e. The number of ketones is 1. The molecule has 0 aliphatic carbocycles. The minimum Gasteiger partial charge on any atom is -0.497 e. The van der Waals surface area contributed by atoms with Crippen LogP contribution in [-0.4, -0.2) is 59.1 Å². The van der Waals surface area contributed by atoms with E-state index in [1.807, 2.05) is 24.3 Å². The largest absolute Gasteiger partial charge is 0.497 e. The molecule has 0 aliphatic rings. The fourth-order valence-electron chi connectivity index (χ4n) is 2.70. The predicted octanol–water partition coefficient (Wildman–Crippen LogP) is 3.60. The summed E-state index contributed by atoms with van der Waals surface area (Å²) < 4.78 is 10.5. The van der Waals surface area contributed by atoms with Crippen LogP contribution in [-0.2, 0) is 0 Å². The minimum atomic E-state index is -0.111. The highest BCUT2D eigenvalue weighted by Gasteiger charge is 2.11. The molecule has 0 N–H and O–H groups in total. The van der Waals surface area contributed by atoms with Gasteiger partial charge in [0.1, 0.15) is 11.5 Å². The number of hydrogen-bond acceptors (Lipinski definition) is 5. The lowest BCUT2D eigenvalue weighted by atomic mass is 10.1. The molecule has 27 heavy (non-hydrogen) atoms. The van der Waals surface area contributed by atoms with Crippen LogP contribution in [0.15, 0.2) is 48.5 Å². The zero-order chi connectivity index (χ0) is 19.8. The molecule has 5 heteroatoms. The highest BCUT2D eigenvalue weighted by Crippen LogP contribution is 2.26. The van der Waals surface area contributed by atoms with Crippen LogP contribution in [0.3, 0.4) is 0 Å². The Hall–Kier alpha value is -2.79. The molecule has 0 heterocycles. The number of methoxy groups -OCH3 is 2. The monoisotopic (exact) mass is 368 g/mol. The van der Waals surface area contributed by atoms with Crippen molar-refractivity contribution in [2.24, 2.45) is 0 Å². The number of likely N-dealkylation sites (N-methyl/N-ethyl adjacent to an activating group) is 2. The molecule has 0 aliphatic heterocycles. The van der Waals surface area contributed by atoms with Crippen LogP contribution in [0.25, 0.3) is 6.08 Å². The van der Waals surface area contributed by atoms with Crippen molar-refractivity contribution in [3.05, 3.63) is 59.7 Å². The summed E-state index contributed by atoms with van der Waals surface area (Å²) in [6.07, 6.45) is 3.44. The maximum atomic E-state index is 12.7. The summed E-state index contributed by atoms with van der Waals surface area (Å²) >= 11 is 0. The molecule has 0 aromatic heterocycles. The third-order valence-corrected chi connectivity index (χ3v) is 4.32. The molecule has 0 unspecified atom stereocenters. The van der Waals surface area contributed by atoms with E-state index < -0.39 is 0 Å². The quantitative estimate of drug-likeness (QED) is 0.500. The first-order valence-electron chi connectivity index (χ1n) is 8.85. The van der Waals surface area contributed by atoms with Crippen LogP contribution in [0.1, 0.15) is 15.9 Å². The van der Waals surface area contributed by atoms with E-state index in [1.54, 1.807) is 38.5 Å². The molecule has 0 amide bonds. The molecule has 0 radical (unpaired) electrons. The lowest BCUT2D eigenvalue weighted by Gasteiger charge is -2.23. The molecule has 0 fully saturated rings. The van der Waals surface area contributed by atoms with Crippen LogP contribution in [0.5, 0.6) is 11.5 Å².